The summed E-state index contributed by atoms with van der Waals surface area (Å²) in [7, 11) is 0. The minimum Gasteiger partial charge on any atom is -0.362 e. The number of alkyl halides is 3. The molecule has 6 N–H and O–H groups in total. The number of nitrogens with zero attached hydrogens (tertiary/aromatic N) is 3. The molecule has 288 valence electrons. The van der Waals surface area contributed by atoms with Gasteiger partial charge in [0.15, 0.2) is 0 Å². The molecule has 2 aromatic carbocycles. The van der Waals surface area contributed by atoms with Gasteiger partial charge in [-0.15, -0.1) is 0 Å². The highest BCUT2D eigenvalue weighted by Gasteiger charge is 2.38. The second-order valence-electron chi connectivity index (χ2n) is 14.4. The molecule has 53 heavy (non-hydrogen) atoms. The Hall–Kier alpha value is -3.95. The number of amides is 3. The summed E-state index contributed by atoms with van der Waals surface area (Å²) in [6.07, 6.45) is 3.71. The van der Waals surface area contributed by atoms with Crippen LogP contribution in [0.15, 0.2) is 47.8 Å². The van der Waals surface area contributed by atoms with Gasteiger partial charge in [0.25, 0.3) is 11.8 Å². The van der Waals surface area contributed by atoms with Crippen LogP contribution in [0.1, 0.15) is 85.8 Å². The summed E-state index contributed by atoms with van der Waals surface area (Å²) < 4.78 is 43.7. The molecule has 15 heteroatoms. The number of nitrogens with two attached hydrogens (primary N) is 1. The van der Waals surface area contributed by atoms with E-state index in [9.17, 15) is 27.6 Å². The molecule has 3 amide bonds. The summed E-state index contributed by atoms with van der Waals surface area (Å²) in [5.74, 6) is 6.20. The second-order valence-corrected chi connectivity index (χ2v) is 15.5. The van der Waals surface area contributed by atoms with Crippen LogP contribution in [0.4, 0.5) is 24.5 Å². The van der Waals surface area contributed by atoms with E-state index in [-0.39, 0.29) is 17.9 Å². The Morgan fingerprint density at radius 3 is 2.26 bits per heavy atom. The highest BCUT2D eigenvalue weighted by molar-refractivity contribution is 8.01. The van der Waals surface area contributed by atoms with Crippen molar-refractivity contribution in [1.82, 2.24) is 25.7 Å². The minimum absolute atomic E-state index is 0.0883. The lowest BCUT2D eigenvalue weighted by Gasteiger charge is -2.38. The van der Waals surface area contributed by atoms with Crippen LogP contribution < -0.4 is 26.7 Å². The molecular formula is C38H51F3N8O3S. The minimum atomic E-state index is -4.47. The van der Waals surface area contributed by atoms with Crippen molar-refractivity contribution in [3.63, 3.8) is 0 Å². The predicted octanol–water partition coefficient (Wildman–Crippen LogP) is 5.67. The van der Waals surface area contributed by atoms with E-state index < -0.39 is 30.1 Å². The molecule has 0 radical (unpaired) electrons. The summed E-state index contributed by atoms with van der Waals surface area (Å²) in [6.45, 7) is 5.84. The van der Waals surface area contributed by atoms with Gasteiger partial charge in [0.2, 0.25) is 5.91 Å². The van der Waals surface area contributed by atoms with Gasteiger partial charge in [-0.25, -0.2) is 11.3 Å². The Labute approximate surface area is 313 Å². The number of allylic oxidation sites excluding steroid dienone is 1. The number of hydrogen-bond acceptors (Lipinski definition) is 9. The number of nitrogens with one attached hydrogen (secondary N) is 4. The van der Waals surface area contributed by atoms with Gasteiger partial charge in [0.05, 0.1) is 22.5 Å². The standard InChI is InChI=1S/C38H51F3N8O3S/c1-3-24-8-7-9-25(24)22-43-45-31(4-2)35(37(52)49(42)23-34(50)44-32-17-16-30(38(39,40)41)27-14-15-28(27)32)47-18-20-48(21-19-47)36(51)29-10-5-6-11-33(29)46-53-26-12-13-26/h5-6,10-11,16-17,24-26,43,45-46H,3-4,7-9,12-15,18-23,42H2,1-2H3,(H,44,50)/b35-31+. The number of carbonyl (C=O) groups excluding carboxylic acids is 3. The van der Waals surface area contributed by atoms with Crippen LogP contribution >= 0.6 is 11.9 Å². The zero-order valence-corrected chi connectivity index (χ0v) is 31.3. The molecule has 0 aromatic heterocycles. The van der Waals surface area contributed by atoms with Crippen molar-refractivity contribution >= 4 is 41.0 Å². The molecule has 1 aliphatic heterocycles. The summed E-state index contributed by atoms with van der Waals surface area (Å²) >= 11 is 1.64. The van der Waals surface area contributed by atoms with Crippen LogP contribution in [0.2, 0.25) is 0 Å². The number of hydrogen-bond donors (Lipinski definition) is 5. The first-order valence-electron chi connectivity index (χ1n) is 18.8. The molecule has 2 unspecified atom stereocenters. The van der Waals surface area contributed by atoms with Crippen molar-refractivity contribution in [2.24, 2.45) is 17.7 Å². The Morgan fingerprint density at radius 2 is 1.60 bits per heavy atom. The van der Waals surface area contributed by atoms with Crippen molar-refractivity contribution < 1.29 is 27.6 Å². The lowest BCUT2D eigenvalue weighted by Crippen LogP contribution is -2.53. The van der Waals surface area contributed by atoms with Gasteiger partial charge in [-0.05, 0) is 97.7 Å². The molecule has 11 nitrogen and oxygen atoms in total. The fraction of sp³-hybridized carbons (Fsp3) is 0.553. The first-order valence-corrected chi connectivity index (χ1v) is 19.7. The molecule has 3 fully saturated rings. The number of para-hydroxylation sites is 1. The van der Waals surface area contributed by atoms with Gasteiger partial charge in [-0.3, -0.25) is 19.4 Å². The molecule has 3 aliphatic carbocycles. The molecule has 0 spiro atoms. The predicted molar refractivity (Wildman–Crippen MR) is 201 cm³/mol. The third kappa shape index (κ3) is 9.23. The zero-order chi connectivity index (χ0) is 37.7. The van der Waals surface area contributed by atoms with Gasteiger partial charge >= 0.3 is 6.18 Å². The van der Waals surface area contributed by atoms with Crippen LogP contribution in [0, 0.1) is 11.8 Å². The molecule has 1 heterocycles. The summed E-state index contributed by atoms with van der Waals surface area (Å²) in [5, 5.41) is 4.09. The second kappa shape index (κ2) is 17.0. The van der Waals surface area contributed by atoms with Crippen molar-refractivity contribution in [2.75, 3.05) is 49.3 Å². The van der Waals surface area contributed by atoms with Crippen LogP contribution in [-0.4, -0.2) is 77.0 Å². The normalized spacial score (nSPS) is 20.3. The average Bonchev–Trinajstić information content (AvgIpc) is 3.85. The van der Waals surface area contributed by atoms with E-state index in [2.05, 4.69) is 27.8 Å². The van der Waals surface area contributed by atoms with Crippen LogP contribution in [0.5, 0.6) is 0 Å². The molecule has 1 saturated heterocycles. The fourth-order valence-electron chi connectivity index (χ4n) is 7.65. The molecule has 2 saturated carbocycles. The van der Waals surface area contributed by atoms with E-state index in [4.69, 9.17) is 5.84 Å². The van der Waals surface area contributed by atoms with E-state index in [0.29, 0.717) is 84.3 Å². The first kappa shape index (κ1) is 38.8. The number of benzene rings is 2. The third-order valence-electron chi connectivity index (χ3n) is 10.9. The highest BCUT2D eigenvalue weighted by Crippen LogP contribution is 2.41. The summed E-state index contributed by atoms with van der Waals surface area (Å²) in [4.78, 5) is 44.8. The van der Waals surface area contributed by atoms with Gasteiger partial charge in [0.1, 0.15) is 12.2 Å². The number of piperazine rings is 1. The van der Waals surface area contributed by atoms with Gasteiger partial charge in [0, 0.05) is 43.7 Å². The van der Waals surface area contributed by atoms with Crippen LogP contribution in [0.25, 0.3) is 0 Å². The molecule has 4 aliphatic rings. The maximum absolute atomic E-state index is 14.2. The first-order chi connectivity index (χ1) is 25.5. The largest absolute Gasteiger partial charge is 0.416 e. The van der Waals surface area contributed by atoms with Gasteiger partial charge < -0.3 is 25.3 Å². The van der Waals surface area contributed by atoms with E-state index in [1.807, 2.05) is 36.1 Å². The van der Waals surface area contributed by atoms with E-state index >= 15 is 0 Å². The van der Waals surface area contributed by atoms with E-state index in [0.717, 1.165) is 36.1 Å². The Morgan fingerprint density at radius 1 is 0.906 bits per heavy atom. The lowest BCUT2D eigenvalue weighted by atomic mass is 9.83. The van der Waals surface area contributed by atoms with Crippen molar-refractivity contribution in [2.45, 2.75) is 83.1 Å². The number of rotatable bonds is 15. The number of halogens is 3. The Kier molecular flexibility index (Phi) is 12.4. The summed E-state index contributed by atoms with van der Waals surface area (Å²) in [5.41, 5.74) is 9.21. The molecule has 6 rings (SSSR count). The van der Waals surface area contributed by atoms with Crippen molar-refractivity contribution in [1.29, 1.82) is 0 Å². The highest BCUT2D eigenvalue weighted by atomic mass is 32.2. The Balaban J connectivity index is 1.15. The van der Waals surface area contributed by atoms with Gasteiger partial charge in [-0.1, -0.05) is 45.2 Å². The number of anilines is 2. The smallest absolute Gasteiger partial charge is 0.362 e. The molecule has 2 atom stereocenters. The number of hydrazine groups is 2. The zero-order valence-electron chi connectivity index (χ0n) is 30.5. The number of carbonyl (C=O) groups is 3. The fourth-order valence-corrected chi connectivity index (χ4v) is 8.49. The van der Waals surface area contributed by atoms with Crippen molar-refractivity contribution in [3.8, 4) is 0 Å². The Bertz CT molecular complexity index is 1690. The topological polar surface area (TPSA) is 135 Å². The maximum atomic E-state index is 14.2. The SMILES string of the molecule is CC/C(NNCC1CCCC1CC)=C(/C(=O)N(N)CC(=O)Nc1ccc(C(F)(F)F)c2c1CC2)N1CCN(C(=O)c2ccccc2NSC2CC2)CC1. The maximum Gasteiger partial charge on any atom is 0.416 e. The van der Waals surface area contributed by atoms with Crippen LogP contribution in [0.3, 0.4) is 0 Å². The van der Waals surface area contributed by atoms with E-state index in [1.54, 1.807) is 16.8 Å². The van der Waals surface area contributed by atoms with E-state index in [1.165, 1.54) is 31.7 Å². The molecule has 0 bridgehead atoms. The van der Waals surface area contributed by atoms with Crippen molar-refractivity contribution in [3.05, 3.63) is 70.0 Å². The van der Waals surface area contributed by atoms with Crippen LogP contribution in [-0.2, 0) is 28.6 Å². The summed E-state index contributed by atoms with van der Waals surface area (Å²) in [6, 6.07) is 9.73. The molecule has 2 aromatic rings. The monoisotopic (exact) mass is 756 g/mol. The van der Waals surface area contributed by atoms with Gasteiger partial charge in [-0.2, -0.15) is 13.2 Å². The third-order valence-corrected chi connectivity index (χ3v) is 12.0. The average molecular weight is 757 g/mol. The quantitative estimate of drug-likeness (QED) is 0.0513. The lowest BCUT2D eigenvalue weighted by molar-refractivity contribution is -0.138. The molecular weight excluding hydrogens is 706 g/mol. The number of fused-ring (bicyclic) bond motifs is 1.